The second-order valence-corrected chi connectivity index (χ2v) is 7.17. The van der Waals surface area contributed by atoms with Gasteiger partial charge in [0.1, 0.15) is 0 Å². The fourth-order valence-corrected chi connectivity index (χ4v) is 3.14. The molecule has 1 aliphatic rings. The molecule has 7 heteroatoms. The van der Waals surface area contributed by atoms with Crippen molar-refractivity contribution in [1.29, 1.82) is 0 Å². The number of amides is 2. The maximum absolute atomic E-state index is 12.1. The lowest BCUT2D eigenvalue weighted by atomic mass is 10.2. The highest BCUT2D eigenvalue weighted by atomic mass is 79.9. The Hall–Kier alpha value is -1.44. The van der Waals surface area contributed by atoms with E-state index in [2.05, 4.69) is 26.6 Å². The molecule has 2 amide bonds. The number of hydrogen-bond donors (Lipinski definition) is 3. The van der Waals surface area contributed by atoms with Crippen LogP contribution in [0.5, 0.6) is 0 Å². The fraction of sp³-hybridized carbons (Fsp3) is 0.529. The zero-order valence-electron chi connectivity index (χ0n) is 14.2. The number of halogens is 1. The molecule has 132 valence electrons. The molecule has 0 bridgehead atoms. The average Bonchev–Trinajstić information content (AvgIpc) is 3.01. The lowest BCUT2D eigenvalue weighted by Crippen LogP contribution is -3.11. The average molecular weight is 399 g/mol. The number of carbonyl (C=O) groups is 2. The molecule has 0 aromatic heterocycles. The van der Waals surface area contributed by atoms with Gasteiger partial charge in [0.2, 0.25) is 0 Å². The van der Waals surface area contributed by atoms with Crippen molar-refractivity contribution in [3.63, 3.8) is 0 Å². The van der Waals surface area contributed by atoms with Crippen LogP contribution in [0.1, 0.15) is 18.4 Å². The highest BCUT2D eigenvalue weighted by Crippen LogP contribution is 2.19. The minimum atomic E-state index is -0.107. The van der Waals surface area contributed by atoms with Crippen molar-refractivity contribution < 1.29 is 19.2 Å². The van der Waals surface area contributed by atoms with Crippen molar-refractivity contribution >= 4 is 33.4 Å². The van der Waals surface area contributed by atoms with Gasteiger partial charge in [0.05, 0.1) is 13.2 Å². The van der Waals surface area contributed by atoms with Crippen LogP contribution >= 0.6 is 15.9 Å². The number of rotatable bonds is 7. The molecule has 1 fully saturated rings. The normalized spacial score (nSPS) is 18.2. The monoisotopic (exact) mass is 398 g/mol. The minimum Gasteiger partial charge on any atom is -0.376 e. The fourth-order valence-electron chi connectivity index (χ4n) is 2.67. The first-order valence-electron chi connectivity index (χ1n) is 8.19. The molecule has 6 nitrogen and oxygen atoms in total. The summed E-state index contributed by atoms with van der Waals surface area (Å²) in [4.78, 5) is 24.9. The molecule has 0 radical (unpaired) electrons. The zero-order valence-corrected chi connectivity index (χ0v) is 15.7. The SMILES string of the molecule is Cc1cc(Br)ccc1NC(=O)C[NH+](C)CC(=O)NC[C@H]1CCCO1. The van der Waals surface area contributed by atoms with Crippen molar-refractivity contribution in [3.8, 4) is 0 Å². The van der Waals surface area contributed by atoms with E-state index in [4.69, 9.17) is 4.74 Å². The molecule has 0 aliphatic carbocycles. The van der Waals surface area contributed by atoms with Gasteiger partial charge < -0.3 is 20.3 Å². The first-order valence-corrected chi connectivity index (χ1v) is 8.99. The number of hydrogen-bond acceptors (Lipinski definition) is 3. The van der Waals surface area contributed by atoms with Gasteiger partial charge in [0, 0.05) is 23.3 Å². The molecule has 1 heterocycles. The van der Waals surface area contributed by atoms with Crippen LogP contribution in [-0.2, 0) is 14.3 Å². The summed E-state index contributed by atoms with van der Waals surface area (Å²) in [6, 6.07) is 5.70. The van der Waals surface area contributed by atoms with Gasteiger partial charge in [-0.2, -0.15) is 0 Å². The molecule has 1 aromatic rings. The predicted molar refractivity (Wildman–Crippen MR) is 96.1 cm³/mol. The lowest BCUT2D eigenvalue weighted by molar-refractivity contribution is -0.862. The summed E-state index contributed by atoms with van der Waals surface area (Å²) >= 11 is 3.40. The second-order valence-electron chi connectivity index (χ2n) is 6.26. The summed E-state index contributed by atoms with van der Waals surface area (Å²) in [6.07, 6.45) is 2.19. The maximum atomic E-state index is 12.1. The van der Waals surface area contributed by atoms with E-state index in [1.165, 1.54) is 0 Å². The van der Waals surface area contributed by atoms with Crippen molar-refractivity contribution in [2.75, 3.05) is 38.6 Å². The van der Waals surface area contributed by atoms with E-state index in [0.29, 0.717) is 6.54 Å². The molecule has 2 atom stereocenters. The summed E-state index contributed by atoms with van der Waals surface area (Å²) in [5.41, 5.74) is 1.78. The molecule has 24 heavy (non-hydrogen) atoms. The van der Waals surface area contributed by atoms with Crippen molar-refractivity contribution in [3.05, 3.63) is 28.2 Å². The van der Waals surface area contributed by atoms with Crippen LogP contribution in [0.3, 0.4) is 0 Å². The number of ether oxygens (including phenoxy) is 1. The predicted octanol–water partition coefficient (Wildman–Crippen LogP) is 0.506. The number of benzene rings is 1. The third-order valence-electron chi connectivity index (χ3n) is 3.94. The molecule has 1 aliphatic heterocycles. The van der Waals surface area contributed by atoms with Crippen molar-refractivity contribution in [1.82, 2.24) is 5.32 Å². The van der Waals surface area contributed by atoms with Gasteiger partial charge in [-0.1, -0.05) is 15.9 Å². The number of quaternary nitrogens is 1. The highest BCUT2D eigenvalue weighted by molar-refractivity contribution is 9.10. The molecule has 1 saturated heterocycles. The Balaban J connectivity index is 1.71. The van der Waals surface area contributed by atoms with Crippen LogP contribution in [0.15, 0.2) is 22.7 Å². The van der Waals surface area contributed by atoms with Gasteiger partial charge >= 0.3 is 0 Å². The van der Waals surface area contributed by atoms with Crippen LogP contribution in [0.2, 0.25) is 0 Å². The number of likely N-dealkylation sites (N-methyl/N-ethyl adjacent to an activating group) is 1. The van der Waals surface area contributed by atoms with E-state index in [-0.39, 0.29) is 31.0 Å². The first kappa shape index (κ1) is 18.9. The molecule has 0 saturated carbocycles. The van der Waals surface area contributed by atoms with Crippen LogP contribution < -0.4 is 15.5 Å². The van der Waals surface area contributed by atoms with E-state index in [9.17, 15) is 9.59 Å². The molecular formula is C17H25BrN3O3+. The Morgan fingerprint density at radius 1 is 1.33 bits per heavy atom. The van der Waals surface area contributed by atoms with Crippen molar-refractivity contribution in [2.24, 2.45) is 0 Å². The van der Waals surface area contributed by atoms with E-state index in [0.717, 1.165) is 40.1 Å². The maximum Gasteiger partial charge on any atom is 0.279 e. The summed E-state index contributed by atoms with van der Waals surface area (Å²) in [6.45, 7) is 3.77. The Morgan fingerprint density at radius 2 is 2.08 bits per heavy atom. The Labute approximate surface area is 151 Å². The smallest absolute Gasteiger partial charge is 0.279 e. The van der Waals surface area contributed by atoms with Crippen LogP contribution in [-0.4, -0.2) is 51.2 Å². The van der Waals surface area contributed by atoms with E-state index < -0.39 is 0 Å². The van der Waals surface area contributed by atoms with Gasteiger partial charge in [-0.05, 0) is 43.5 Å². The zero-order chi connectivity index (χ0) is 17.5. The quantitative estimate of drug-likeness (QED) is 0.626. The lowest BCUT2D eigenvalue weighted by Gasteiger charge is -2.15. The Morgan fingerprint density at radius 3 is 2.75 bits per heavy atom. The number of aryl methyl sites for hydroxylation is 1. The first-order chi connectivity index (χ1) is 11.4. The van der Waals surface area contributed by atoms with Crippen molar-refractivity contribution in [2.45, 2.75) is 25.9 Å². The largest absolute Gasteiger partial charge is 0.376 e. The minimum absolute atomic E-state index is 0.0596. The summed E-state index contributed by atoms with van der Waals surface area (Å²) in [5, 5.41) is 5.76. The van der Waals surface area contributed by atoms with Crippen LogP contribution in [0.25, 0.3) is 0 Å². The molecule has 0 spiro atoms. The third-order valence-corrected chi connectivity index (χ3v) is 4.43. The standard InChI is InChI=1S/C17H24BrN3O3/c1-12-8-13(18)5-6-15(12)20-17(23)11-21(2)10-16(22)19-9-14-4-3-7-24-14/h5-6,8,14H,3-4,7,9-11H2,1-2H3,(H,19,22)(H,20,23)/p+1/t14-/m1/s1. The Bertz CT molecular complexity index is 588. The van der Waals surface area contributed by atoms with Gasteiger partial charge in [-0.25, -0.2) is 0 Å². The van der Waals surface area contributed by atoms with Gasteiger partial charge in [0.15, 0.2) is 13.1 Å². The van der Waals surface area contributed by atoms with Crippen LogP contribution in [0.4, 0.5) is 5.69 Å². The third kappa shape index (κ3) is 6.22. The molecular weight excluding hydrogens is 374 g/mol. The number of anilines is 1. The van der Waals surface area contributed by atoms with Gasteiger partial charge in [0.25, 0.3) is 11.8 Å². The molecule has 1 unspecified atom stereocenters. The summed E-state index contributed by atoms with van der Waals surface area (Å²) in [7, 11) is 1.83. The van der Waals surface area contributed by atoms with E-state index >= 15 is 0 Å². The Kier molecular flexibility index (Phi) is 7.20. The summed E-state index contributed by atoms with van der Waals surface area (Å²) < 4.78 is 6.45. The van der Waals surface area contributed by atoms with Gasteiger partial charge in [-0.15, -0.1) is 0 Å². The van der Waals surface area contributed by atoms with Crippen LogP contribution in [0, 0.1) is 6.92 Å². The highest BCUT2D eigenvalue weighted by Gasteiger charge is 2.18. The molecule has 2 rings (SSSR count). The van der Waals surface area contributed by atoms with E-state index in [1.807, 2.05) is 32.2 Å². The molecule has 1 aromatic carbocycles. The van der Waals surface area contributed by atoms with E-state index in [1.54, 1.807) is 0 Å². The molecule has 3 N–H and O–H groups in total. The topological polar surface area (TPSA) is 71.9 Å². The summed E-state index contributed by atoms with van der Waals surface area (Å²) in [5.74, 6) is -0.166. The van der Waals surface area contributed by atoms with Gasteiger partial charge in [-0.3, -0.25) is 9.59 Å². The number of carbonyl (C=O) groups excluding carboxylic acids is 2. The second kappa shape index (κ2) is 9.15. The number of nitrogens with one attached hydrogen (secondary N) is 3.